The van der Waals surface area contributed by atoms with Crippen molar-refractivity contribution in [2.24, 2.45) is 5.10 Å². The summed E-state index contributed by atoms with van der Waals surface area (Å²) in [6.07, 6.45) is 1.67. The number of nitrogens with one attached hydrogen (secondary N) is 1. The first-order valence-corrected chi connectivity index (χ1v) is 7.76. The molecule has 0 bridgehead atoms. The highest BCUT2D eigenvalue weighted by molar-refractivity contribution is 6.35. The number of hydrogen-bond donors (Lipinski definition) is 1. The second kappa shape index (κ2) is 8.56. The Bertz CT molecular complexity index is 690. The summed E-state index contributed by atoms with van der Waals surface area (Å²) in [6.45, 7) is 1.81. The van der Waals surface area contributed by atoms with Crippen molar-refractivity contribution in [3.63, 3.8) is 0 Å². The molecule has 0 radical (unpaired) electrons. The Hall–Kier alpha value is -2.04. The first-order chi connectivity index (χ1) is 11.1. The third-order valence-corrected chi connectivity index (χ3v) is 3.60. The van der Waals surface area contributed by atoms with Gasteiger partial charge in [-0.05, 0) is 23.8 Å². The molecule has 0 aliphatic carbocycles. The van der Waals surface area contributed by atoms with Gasteiger partial charge in [-0.25, -0.2) is 5.43 Å². The molecule has 1 unspecified atom stereocenters. The van der Waals surface area contributed by atoms with E-state index in [1.165, 1.54) is 0 Å². The maximum Gasteiger partial charge on any atom is 0.277 e. The van der Waals surface area contributed by atoms with Crippen LogP contribution in [0.3, 0.4) is 0 Å². The van der Waals surface area contributed by atoms with Crippen LogP contribution in [0.5, 0.6) is 5.75 Å². The van der Waals surface area contributed by atoms with Gasteiger partial charge in [0.2, 0.25) is 0 Å². The molecule has 0 saturated heterocycles. The van der Waals surface area contributed by atoms with Gasteiger partial charge in [0.1, 0.15) is 5.75 Å². The van der Waals surface area contributed by atoms with E-state index < -0.39 is 0 Å². The van der Waals surface area contributed by atoms with E-state index in [1.54, 1.807) is 24.4 Å². The highest BCUT2D eigenvalue weighted by Crippen LogP contribution is 2.27. The number of halogens is 2. The average Bonchev–Trinajstić information content (AvgIpc) is 2.54. The van der Waals surface area contributed by atoms with Gasteiger partial charge >= 0.3 is 0 Å². The van der Waals surface area contributed by atoms with Gasteiger partial charge in [-0.2, -0.15) is 5.10 Å². The number of carbonyl (C=O) groups excluding carboxylic acids is 1. The number of amides is 1. The second-order valence-corrected chi connectivity index (χ2v) is 5.72. The predicted octanol–water partition coefficient (Wildman–Crippen LogP) is 4.28. The predicted molar refractivity (Wildman–Crippen MR) is 93.4 cm³/mol. The Morgan fingerprint density at radius 2 is 2.00 bits per heavy atom. The van der Waals surface area contributed by atoms with Crippen molar-refractivity contribution in [2.75, 3.05) is 6.61 Å². The molecule has 4 nitrogen and oxygen atoms in total. The fourth-order valence-corrected chi connectivity index (χ4v) is 2.29. The molecule has 0 spiro atoms. The Morgan fingerprint density at radius 1 is 1.26 bits per heavy atom. The van der Waals surface area contributed by atoms with Gasteiger partial charge in [0.05, 0.1) is 5.02 Å². The highest BCUT2D eigenvalue weighted by atomic mass is 35.5. The Morgan fingerprint density at radius 3 is 2.70 bits per heavy atom. The fraction of sp³-hybridized carbons (Fsp3) is 0.176. The maximum absolute atomic E-state index is 11.7. The maximum atomic E-state index is 11.7. The third-order valence-electron chi connectivity index (χ3n) is 3.07. The Balaban J connectivity index is 1.80. The van der Waals surface area contributed by atoms with Crippen molar-refractivity contribution in [3.05, 3.63) is 64.1 Å². The molecule has 0 fully saturated rings. The number of ether oxygens (including phenoxy) is 1. The van der Waals surface area contributed by atoms with E-state index in [0.717, 1.165) is 5.56 Å². The van der Waals surface area contributed by atoms with Gasteiger partial charge < -0.3 is 4.74 Å². The lowest BCUT2D eigenvalue weighted by Crippen LogP contribution is -2.24. The molecule has 0 aliphatic rings. The standard InChI is InChI=1S/C17H16Cl2N2O2/c1-12(13-5-3-2-4-6-13)10-20-21-17(22)11-23-16-8-7-14(18)9-15(16)19/h2-10,12H,11H2,1H3,(H,21,22)/b20-10+. The van der Waals surface area contributed by atoms with Gasteiger partial charge in [0, 0.05) is 17.2 Å². The van der Waals surface area contributed by atoms with E-state index in [9.17, 15) is 4.79 Å². The molecule has 2 rings (SSSR count). The van der Waals surface area contributed by atoms with Crippen LogP contribution in [-0.2, 0) is 4.79 Å². The fourth-order valence-electron chi connectivity index (χ4n) is 1.83. The number of nitrogens with zero attached hydrogens (tertiary/aromatic N) is 1. The molecule has 6 heteroatoms. The van der Waals surface area contributed by atoms with E-state index in [2.05, 4.69) is 10.5 Å². The summed E-state index contributed by atoms with van der Waals surface area (Å²) >= 11 is 11.7. The molecule has 2 aromatic rings. The molecule has 2 aromatic carbocycles. The van der Waals surface area contributed by atoms with E-state index in [4.69, 9.17) is 27.9 Å². The zero-order valence-corrected chi connectivity index (χ0v) is 14.0. The summed E-state index contributed by atoms with van der Waals surface area (Å²) in [6, 6.07) is 14.7. The molecular formula is C17H16Cl2N2O2. The molecule has 1 atom stereocenters. The van der Waals surface area contributed by atoms with E-state index >= 15 is 0 Å². The molecule has 120 valence electrons. The first kappa shape index (κ1) is 17.3. The topological polar surface area (TPSA) is 50.7 Å². The van der Waals surface area contributed by atoms with Crippen LogP contribution in [-0.4, -0.2) is 18.7 Å². The van der Waals surface area contributed by atoms with Crippen LogP contribution in [0.4, 0.5) is 0 Å². The largest absolute Gasteiger partial charge is 0.482 e. The van der Waals surface area contributed by atoms with Crippen molar-refractivity contribution in [2.45, 2.75) is 12.8 Å². The number of carbonyl (C=O) groups is 1. The monoisotopic (exact) mass is 350 g/mol. The SMILES string of the molecule is CC(/C=N/NC(=O)COc1ccc(Cl)cc1Cl)c1ccccc1. The zero-order chi connectivity index (χ0) is 16.7. The summed E-state index contributed by atoms with van der Waals surface area (Å²) in [5.74, 6) is 0.128. The Kier molecular flexibility index (Phi) is 6.44. The first-order valence-electron chi connectivity index (χ1n) is 7.01. The molecule has 0 aromatic heterocycles. The van der Waals surface area contributed by atoms with Crippen molar-refractivity contribution < 1.29 is 9.53 Å². The summed E-state index contributed by atoms with van der Waals surface area (Å²) in [5.41, 5.74) is 3.54. The molecule has 0 saturated carbocycles. The van der Waals surface area contributed by atoms with Crippen LogP contribution in [0.15, 0.2) is 53.6 Å². The van der Waals surface area contributed by atoms with Gasteiger partial charge in [0.15, 0.2) is 6.61 Å². The highest BCUT2D eigenvalue weighted by Gasteiger charge is 2.06. The summed E-state index contributed by atoms with van der Waals surface area (Å²) in [5, 5.41) is 4.80. The van der Waals surface area contributed by atoms with E-state index in [-0.39, 0.29) is 18.4 Å². The number of benzene rings is 2. The van der Waals surface area contributed by atoms with Crippen LogP contribution >= 0.6 is 23.2 Å². The molecule has 1 amide bonds. The quantitative estimate of drug-likeness (QED) is 0.624. The molecular weight excluding hydrogens is 335 g/mol. The zero-order valence-electron chi connectivity index (χ0n) is 12.5. The summed E-state index contributed by atoms with van der Waals surface area (Å²) < 4.78 is 5.32. The number of rotatable bonds is 6. The van der Waals surface area contributed by atoms with Crippen molar-refractivity contribution in [1.29, 1.82) is 0 Å². The second-order valence-electron chi connectivity index (χ2n) is 4.88. The lowest BCUT2D eigenvalue weighted by atomic mass is 10.0. The Labute approximate surface area is 145 Å². The van der Waals surface area contributed by atoms with Crippen LogP contribution in [0, 0.1) is 0 Å². The molecule has 0 heterocycles. The smallest absolute Gasteiger partial charge is 0.277 e. The molecule has 0 aliphatic heterocycles. The minimum atomic E-state index is -0.368. The minimum Gasteiger partial charge on any atom is -0.482 e. The lowest BCUT2D eigenvalue weighted by molar-refractivity contribution is -0.123. The van der Waals surface area contributed by atoms with Crippen LogP contribution in [0.25, 0.3) is 0 Å². The third kappa shape index (κ3) is 5.58. The number of hydrogen-bond acceptors (Lipinski definition) is 3. The van der Waals surface area contributed by atoms with E-state index in [1.807, 2.05) is 37.3 Å². The average molecular weight is 351 g/mol. The van der Waals surface area contributed by atoms with Crippen molar-refractivity contribution in [3.8, 4) is 5.75 Å². The summed E-state index contributed by atoms with van der Waals surface area (Å²) in [4.78, 5) is 11.7. The normalized spacial score (nSPS) is 12.1. The van der Waals surface area contributed by atoms with Gasteiger partial charge in [0.25, 0.3) is 5.91 Å². The van der Waals surface area contributed by atoms with Crippen LogP contribution < -0.4 is 10.2 Å². The van der Waals surface area contributed by atoms with Crippen molar-refractivity contribution in [1.82, 2.24) is 5.43 Å². The van der Waals surface area contributed by atoms with Gasteiger partial charge in [-0.1, -0.05) is 60.5 Å². The summed E-state index contributed by atoms with van der Waals surface area (Å²) in [7, 11) is 0. The number of hydrazone groups is 1. The minimum absolute atomic E-state index is 0.100. The van der Waals surface area contributed by atoms with E-state index in [0.29, 0.717) is 15.8 Å². The molecule has 23 heavy (non-hydrogen) atoms. The lowest BCUT2D eigenvalue weighted by Gasteiger charge is -2.08. The van der Waals surface area contributed by atoms with Crippen LogP contribution in [0.1, 0.15) is 18.4 Å². The molecule has 1 N–H and O–H groups in total. The van der Waals surface area contributed by atoms with Crippen LogP contribution in [0.2, 0.25) is 10.0 Å². The van der Waals surface area contributed by atoms with Crippen molar-refractivity contribution >= 4 is 35.3 Å². The van der Waals surface area contributed by atoms with Gasteiger partial charge in [-0.3, -0.25) is 4.79 Å². The van der Waals surface area contributed by atoms with Gasteiger partial charge in [-0.15, -0.1) is 0 Å².